The average Bonchev–Trinajstić information content (AvgIpc) is 3.60. The van der Waals surface area contributed by atoms with Crippen LogP contribution in [0, 0.1) is 5.92 Å². The van der Waals surface area contributed by atoms with Crippen molar-refractivity contribution in [1.29, 1.82) is 0 Å². The molecule has 53 heavy (non-hydrogen) atoms. The number of aliphatic hydroxyl groups excluding tert-OH is 5. The summed E-state index contributed by atoms with van der Waals surface area (Å²) in [5.41, 5.74) is 0.198. The summed E-state index contributed by atoms with van der Waals surface area (Å²) < 4.78 is 17.4. The molecule has 0 radical (unpaired) electrons. The Balaban J connectivity index is 1.35. The van der Waals surface area contributed by atoms with E-state index in [0.717, 1.165) is 10.8 Å². The van der Waals surface area contributed by atoms with Gasteiger partial charge in [0.05, 0.1) is 34.3 Å². The van der Waals surface area contributed by atoms with Crippen molar-refractivity contribution in [3.63, 3.8) is 0 Å². The van der Waals surface area contributed by atoms with Crippen LogP contribution in [0.1, 0.15) is 24.5 Å². The van der Waals surface area contributed by atoms with Gasteiger partial charge in [-0.25, -0.2) is 0 Å². The molecule has 3 aliphatic heterocycles. The van der Waals surface area contributed by atoms with E-state index in [9.17, 15) is 39.9 Å². The van der Waals surface area contributed by atoms with Gasteiger partial charge in [0.15, 0.2) is 18.0 Å². The highest BCUT2D eigenvalue weighted by atomic mass is 28.3. The molecule has 14 nitrogen and oxygen atoms in total. The monoisotopic (exact) mass is 749 g/mol. The summed E-state index contributed by atoms with van der Waals surface area (Å²) in [6.07, 6.45) is -9.84. The van der Waals surface area contributed by atoms with Crippen molar-refractivity contribution in [3.8, 4) is 5.75 Å². The Kier molecular flexibility index (Phi) is 11.1. The van der Waals surface area contributed by atoms with Crippen molar-refractivity contribution in [2.45, 2.75) is 80.9 Å². The molecule has 3 amide bonds. The van der Waals surface area contributed by atoms with Gasteiger partial charge in [0.1, 0.15) is 24.1 Å². The number of fused-ring (bicyclic) bond motifs is 2. The summed E-state index contributed by atoms with van der Waals surface area (Å²) in [4.78, 5) is 43.2. The molecule has 3 heterocycles. The van der Waals surface area contributed by atoms with Crippen LogP contribution in [-0.4, -0.2) is 113 Å². The number of rotatable bonds is 11. The van der Waals surface area contributed by atoms with Crippen LogP contribution in [0.4, 0.5) is 11.4 Å². The van der Waals surface area contributed by atoms with E-state index in [0.29, 0.717) is 17.0 Å². The maximum atomic E-state index is 14.2. The number of methoxy groups -OCH3 is 1. The number of amides is 3. The van der Waals surface area contributed by atoms with Crippen molar-refractivity contribution < 1.29 is 54.1 Å². The number of carbonyl (C=O) groups excluding carboxylic acids is 3. The molecule has 1 spiro atoms. The van der Waals surface area contributed by atoms with E-state index in [-0.39, 0.29) is 43.3 Å². The number of nitrogens with zero attached hydrogens (tertiary/aromatic N) is 1. The highest BCUT2D eigenvalue weighted by Gasteiger charge is 2.65. The first-order chi connectivity index (χ1) is 25.2. The fourth-order valence-corrected chi connectivity index (χ4v) is 12.2. The van der Waals surface area contributed by atoms with Gasteiger partial charge < -0.3 is 55.3 Å². The molecule has 0 aliphatic carbocycles. The standard InChI is InChI=1S/C38H47N3O11Si/c1-21-34(53(3,4)25-13-11-24(50-2)12-14-25)28(19-29(43)41(16-17-42)20-22-8-6-5-7-9-22)52-38(21)26-18-23(10-15-27(26)40-37(38)49)39-35(47)33-31(45)30(44)32(46)36(48)51-33/h5-15,18,21,28,30-34,36,42,44-46,48H,16-17,19-20H2,1-4H3,(H,39,47)(H,40,49)/t21-,28+,30+,31+,32-,33+,34-,36-,38+/m1/s1. The van der Waals surface area contributed by atoms with E-state index in [2.05, 4.69) is 23.7 Å². The van der Waals surface area contributed by atoms with Crippen LogP contribution in [-0.2, 0) is 36.0 Å². The molecule has 2 fully saturated rings. The summed E-state index contributed by atoms with van der Waals surface area (Å²) >= 11 is 0. The van der Waals surface area contributed by atoms with Gasteiger partial charge in [-0.05, 0) is 41.4 Å². The van der Waals surface area contributed by atoms with E-state index in [1.165, 1.54) is 6.07 Å². The van der Waals surface area contributed by atoms with Crippen molar-refractivity contribution in [2.75, 3.05) is 30.9 Å². The van der Waals surface area contributed by atoms with Crippen LogP contribution >= 0.6 is 0 Å². The van der Waals surface area contributed by atoms with Crippen LogP contribution in [0.25, 0.3) is 0 Å². The minimum Gasteiger partial charge on any atom is -0.497 e. The smallest absolute Gasteiger partial charge is 0.261 e. The Morgan fingerprint density at radius 3 is 2.34 bits per heavy atom. The number of ether oxygens (including phenoxy) is 3. The highest BCUT2D eigenvalue weighted by molar-refractivity contribution is 6.91. The molecule has 0 unspecified atom stereocenters. The van der Waals surface area contributed by atoms with Gasteiger partial charge in [0, 0.05) is 35.9 Å². The fourth-order valence-electron chi connectivity index (χ4n) is 8.22. The Hall–Kier alpha value is -4.19. The lowest BCUT2D eigenvalue weighted by Crippen LogP contribution is -2.60. The Morgan fingerprint density at radius 1 is 0.981 bits per heavy atom. The molecule has 3 aromatic carbocycles. The van der Waals surface area contributed by atoms with Gasteiger partial charge >= 0.3 is 0 Å². The number of anilines is 2. The fraction of sp³-hybridized carbons (Fsp3) is 0.447. The number of carbonyl (C=O) groups is 3. The van der Waals surface area contributed by atoms with E-state index < -0.39 is 68.2 Å². The van der Waals surface area contributed by atoms with Gasteiger partial charge in [-0.1, -0.05) is 67.7 Å². The summed E-state index contributed by atoms with van der Waals surface area (Å²) in [7, 11) is -1.00. The third-order valence-corrected chi connectivity index (χ3v) is 15.4. The Morgan fingerprint density at radius 2 is 1.68 bits per heavy atom. The lowest BCUT2D eigenvalue weighted by molar-refractivity contribution is -0.274. The zero-order valence-corrected chi connectivity index (χ0v) is 31.0. The molecule has 0 aromatic heterocycles. The maximum absolute atomic E-state index is 14.2. The quantitative estimate of drug-likeness (QED) is 0.138. The van der Waals surface area contributed by atoms with E-state index in [1.807, 2.05) is 61.5 Å². The summed E-state index contributed by atoms with van der Waals surface area (Å²) in [6.45, 7) is 6.49. The first-order valence-electron chi connectivity index (χ1n) is 17.6. The molecule has 9 atom stereocenters. The van der Waals surface area contributed by atoms with Crippen LogP contribution in [0.3, 0.4) is 0 Å². The molecule has 0 saturated carbocycles. The van der Waals surface area contributed by atoms with Crippen LogP contribution < -0.4 is 20.6 Å². The van der Waals surface area contributed by atoms with Crippen molar-refractivity contribution in [3.05, 3.63) is 83.9 Å². The van der Waals surface area contributed by atoms with Crippen molar-refractivity contribution >= 4 is 42.4 Å². The van der Waals surface area contributed by atoms with Crippen LogP contribution in [0.15, 0.2) is 72.8 Å². The highest BCUT2D eigenvalue weighted by Crippen LogP contribution is 2.59. The van der Waals surface area contributed by atoms with E-state index >= 15 is 0 Å². The van der Waals surface area contributed by atoms with Gasteiger partial charge in [0.25, 0.3) is 11.8 Å². The molecule has 15 heteroatoms. The van der Waals surface area contributed by atoms with Crippen LogP contribution in [0.2, 0.25) is 18.6 Å². The number of hydrogen-bond acceptors (Lipinski definition) is 11. The molecule has 0 bridgehead atoms. The topological polar surface area (TPSA) is 207 Å². The molecular weight excluding hydrogens is 703 g/mol. The third-order valence-electron chi connectivity index (χ3n) is 11.0. The maximum Gasteiger partial charge on any atom is 0.261 e. The predicted octanol–water partition coefficient (Wildman–Crippen LogP) is 1.01. The average molecular weight is 750 g/mol. The molecular formula is C38H47N3O11Si. The minimum absolute atomic E-state index is 0.0530. The minimum atomic E-state index is -2.60. The van der Waals surface area contributed by atoms with Gasteiger partial charge in [-0.15, -0.1) is 0 Å². The molecule has 3 aliphatic rings. The third kappa shape index (κ3) is 7.11. The normalized spacial score (nSPS) is 29.4. The number of hydrogen-bond donors (Lipinski definition) is 7. The lowest BCUT2D eigenvalue weighted by Gasteiger charge is -2.37. The Labute approximate surface area is 308 Å². The summed E-state index contributed by atoms with van der Waals surface area (Å²) in [6, 6.07) is 22.0. The zero-order valence-electron chi connectivity index (χ0n) is 30.0. The molecule has 7 N–H and O–H groups in total. The molecule has 2 saturated heterocycles. The molecule has 3 aromatic rings. The van der Waals surface area contributed by atoms with Crippen molar-refractivity contribution in [1.82, 2.24) is 4.90 Å². The second-order valence-corrected chi connectivity index (χ2v) is 19.2. The van der Waals surface area contributed by atoms with Gasteiger partial charge in [-0.3, -0.25) is 14.4 Å². The van der Waals surface area contributed by atoms with Gasteiger partial charge in [-0.2, -0.15) is 0 Å². The number of aliphatic hydroxyl groups is 5. The second-order valence-electron chi connectivity index (χ2n) is 14.5. The SMILES string of the molecule is COc1ccc([Si](C)(C)[C@H]2[C@H](CC(=O)N(CCO)Cc3ccccc3)O[C@@]3(C(=O)Nc4ccc(NC(=O)[C@H]5O[C@@H](O)[C@H](O)[C@@H](O)[C@@H]5O)cc43)[C@@H]2C)cc1. The summed E-state index contributed by atoms with van der Waals surface area (Å²) in [5.74, 6) is -1.31. The molecule has 284 valence electrons. The zero-order chi connectivity index (χ0) is 38.2. The van der Waals surface area contributed by atoms with E-state index in [4.69, 9.17) is 14.2 Å². The largest absolute Gasteiger partial charge is 0.497 e. The predicted molar refractivity (Wildman–Crippen MR) is 196 cm³/mol. The van der Waals surface area contributed by atoms with E-state index in [1.54, 1.807) is 24.1 Å². The number of benzene rings is 3. The van der Waals surface area contributed by atoms with Crippen molar-refractivity contribution in [2.24, 2.45) is 5.92 Å². The second kappa shape index (κ2) is 15.3. The number of nitrogens with one attached hydrogen (secondary N) is 2. The van der Waals surface area contributed by atoms with Crippen LogP contribution in [0.5, 0.6) is 5.75 Å². The molecule has 6 rings (SSSR count). The first kappa shape index (κ1) is 38.5. The Bertz CT molecular complexity index is 1810. The van der Waals surface area contributed by atoms with Gasteiger partial charge in [0.2, 0.25) is 5.91 Å². The summed E-state index contributed by atoms with van der Waals surface area (Å²) in [5, 5.41) is 56.9. The lowest BCUT2D eigenvalue weighted by atomic mass is 9.82. The first-order valence-corrected chi connectivity index (χ1v) is 20.7.